The zero-order valence-corrected chi connectivity index (χ0v) is 9.34. The Kier molecular flexibility index (Phi) is 1.84. The molecule has 0 unspecified atom stereocenters. The van der Waals surface area contributed by atoms with Crippen LogP contribution in [0.2, 0.25) is 0 Å². The number of aromatic nitrogens is 1. The first kappa shape index (κ1) is 8.42. The van der Waals surface area contributed by atoms with Crippen LogP contribution in [-0.2, 0) is 12.8 Å². The molecular formula is C12H10BrN. The third kappa shape index (κ3) is 1.17. The van der Waals surface area contributed by atoms with E-state index in [2.05, 4.69) is 39.1 Å². The van der Waals surface area contributed by atoms with E-state index in [1.807, 2.05) is 6.20 Å². The van der Waals surface area contributed by atoms with E-state index in [1.165, 1.54) is 41.2 Å². The summed E-state index contributed by atoms with van der Waals surface area (Å²) in [5.74, 6) is 0. The highest BCUT2D eigenvalue weighted by atomic mass is 79.9. The van der Waals surface area contributed by atoms with E-state index in [0.717, 1.165) is 4.60 Å². The average Bonchev–Trinajstić information content (AvgIpc) is 2.62. The first-order valence-electron chi connectivity index (χ1n) is 4.90. The number of hydrogen-bond donors (Lipinski definition) is 0. The largest absolute Gasteiger partial charge is 0.249 e. The first-order chi connectivity index (χ1) is 6.84. The van der Waals surface area contributed by atoms with Crippen LogP contribution in [0.15, 0.2) is 29.0 Å². The van der Waals surface area contributed by atoms with E-state index >= 15 is 0 Å². The summed E-state index contributed by atoms with van der Waals surface area (Å²) < 4.78 is 0.963. The van der Waals surface area contributed by atoms with Crippen LogP contribution in [0, 0.1) is 0 Å². The van der Waals surface area contributed by atoms with Crippen LogP contribution in [0.4, 0.5) is 0 Å². The lowest BCUT2D eigenvalue weighted by Gasteiger charge is -2.04. The van der Waals surface area contributed by atoms with Gasteiger partial charge in [0.1, 0.15) is 4.60 Å². The van der Waals surface area contributed by atoms with E-state index in [1.54, 1.807) is 0 Å². The molecule has 0 fully saturated rings. The van der Waals surface area contributed by atoms with Crippen molar-refractivity contribution in [3.8, 4) is 0 Å². The molecule has 3 rings (SSSR count). The zero-order chi connectivity index (χ0) is 9.54. The maximum atomic E-state index is 4.25. The Hall–Kier alpha value is -0.890. The number of nitrogens with zero attached hydrogens (tertiary/aromatic N) is 1. The smallest absolute Gasteiger partial charge is 0.113 e. The fourth-order valence-corrected chi connectivity index (χ4v) is 2.67. The summed E-state index contributed by atoms with van der Waals surface area (Å²) in [5, 5.41) is 2.54. The Labute approximate surface area is 91.3 Å². The molecule has 1 aromatic heterocycles. The monoisotopic (exact) mass is 247 g/mol. The van der Waals surface area contributed by atoms with Crippen LogP contribution in [0.5, 0.6) is 0 Å². The molecule has 2 heteroatoms. The van der Waals surface area contributed by atoms with Gasteiger partial charge in [-0.15, -0.1) is 0 Å². The van der Waals surface area contributed by atoms with Crippen LogP contribution in [0.1, 0.15) is 17.5 Å². The van der Waals surface area contributed by atoms with Crippen LogP contribution in [0.25, 0.3) is 10.8 Å². The van der Waals surface area contributed by atoms with E-state index in [4.69, 9.17) is 0 Å². The van der Waals surface area contributed by atoms with Gasteiger partial charge in [0.25, 0.3) is 0 Å². The molecule has 1 heterocycles. The number of pyridine rings is 1. The molecule has 0 bridgehead atoms. The van der Waals surface area contributed by atoms with Gasteiger partial charge in [0, 0.05) is 11.6 Å². The van der Waals surface area contributed by atoms with Crippen molar-refractivity contribution in [2.45, 2.75) is 19.3 Å². The third-order valence-corrected chi connectivity index (χ3v) is 3.56. The molecule has 1 aliphatic carbocycles. The van der Waals surface area contributed by atoms with E-state index in [0.29, 0.717) is 0 Å². The van der Waals surface area contributed by atoms with Crippen molar-refractivity contribution in [1.82, 2.24) is 4.98 Å². The molecule has 1 nitrogen and oxygen atoms in total. The highest BCUT2D eigenvalue weighted by Crippen LogP contribution is 2.29. The molecule has 14 heavy (non-hydrogen) atoms. The summed E-state index contributed by atoms with van der Waals surface area (Å²) in [6.45, 7) is 0. The predicted molar refractivity (Wildman–Crippen MR) is 61.5 cm³/mol. The summed E-state index contributed by atoms with van der Waals surface area (Å²) in [6, 6.07) is 6.68. The summed E-state index contributed by atoms with van der Waals surface area (Å²) in [6.07, 6.45) is 5.63. The van der Waals surface area contributed by atoms with Gasteiger partial charge in [0.2, 0.25) is 0 Å². The summed E-state index contributed by atoms with van der Waals surface area (Å²) in [5.41, 5.74) is 3.03. The van der Waals surface area contributed by atoms with Crippen molar-refractivity contribution in [3.63, 3.8) is 0 Å². The fourth-order valence-electron chi connectivity index (χ4n) is 2.21. The van der Waals surface area contributed by atoms with E-state index in [-0.39, 0.29) is 0 Å². The molecule has 0 radical (unpaired) electrons. The second-order valence-electron chi connectivity index (χ2n) is 3.80. The van der Waals surface area contributed by atoms with Crippen molar-refractivity contribution in [3.05, 3.63) is 40.1 Å². The minimum absolute atomic E-state index is 0.963. The summed E-state index contributed by atoms with van der Waals surface area (Å²) in [4.78, 5) is 4.25. The Bertz CT molecular complexity index is 505. The molecule has 1 aromatic carbocycles. The van der Waals surface area contributed by atoms with Crippen molar-refractivity contribution >= 4 is 26.7 Å². The summed E-state index contributed by atoms with van der Waals surface area (Å²) >= 11 is 3.49. The minimum atomic E-state index is 0.963. The molecular weight excluding hydrogens is 238 g/mol. The first-order valence-corrected chi connectivity index (χ1v) is 5.70. The van der Waals surface area contributed by atoms with Crippen LogP contribution < -0.4 is 0 Å². The minimum Gasteiger partial charge on any atom is -0.249 e. The normalized spacial score (nSPS) is 14.6. The van der Waals surface area contributed by atoms with E-state index in [9.17, 15) is 0 Å². The lowest BCUT2D eigenvalue weighted by Crippen LogP contribution is -1.85. The number of halogens is 1. The second-order valence-corrected chi connectivity index (χ2v) is 4.55. The maximum absolute atomic E-state index is 4.25. The number of rotatable bonds is 0. The Morgan fingerprint density at radius 3 is 2.79 bits per heavy atom. The van der Waals surface area contributed by atoms with E-state index < -0.39 is 0 Å². The highest BCUT2D eigenvalue weighted by Gasteiger charge is 2.12. The van der Waals surface area contributed by atoms with Crippen molar-refractivity contribution in [2.75, 3.05) is 0 Å². The maximum Gasteiger partial charge on any atom is 0.113 e. The number of benzene rings is 1. The lowest BCUT2D eigenvalue weighted by molar-refractivity contribution is 0.912. The van der Waals surface area contributed by atoms with Gasteiger partial charge in [-0.25, -0.2) is 4.98 Å². The molecule has 0 aliphatic heterocycles. The number of aryl methyl sites for hydroxylation is 2. The molecule has 0 atom stereocenters. The Morgan fingerprint density at radius 1 is 1.14 bits per heavy atom. The summed E-state index contributed by atoms with van der Waals surface area (Å²) in [7, 11) is 0. The molecule has 0 saturated heterocycles. The molecule has 0 saturated carbocycles. The SMILES string of the molecule is Brc1nccc2cc3c(cc12)CCC3. The Morgan fingerprint density at radius 2 is 1.93 bits per heavy atom. The quantitative estimate of drug-likeness (QED) is 0.650. The third-order valence-electron chi connectivity index (χ3n) is 2.93. The molecule has 70 valence electrons. The standard InChI is InChI=1S/C12H10BrN/c13-12-11-7-9-3-1-2-8(9)6-10(11)4-5-14-12/h4-7H,1-3H2. The Balaban J connectivity index is 2.39. The van der Waals surface area contributed by atoms with Gasteiger partial charge < -0.3 is 0 Å². The van der Waals surface area contributed by atoms with Gasteiger partial charge in [-0.05, 0) is 63.8 Å². The van der Waals surface area contributed by atoms with Gasteiger partial charge in [0.15, 0.2) is 0 Å². The van der Waals surface area contributed by atoms with Crippen molar-refractivity contribution in [2.24, 2.45) is 0 Å². The molecule has 0 N–H and O–H groups in total. The molecule has 2 aromatic rings. The average molecular weight is 248 g/mol. The zero-order valence-electron chi connectivity index (χ0n) is 7.76. The molecule has 0 spiro atoms. The van der Waals surface area contributed by atoms with Gasteiger partial charge >= 0.3 is 0 Å². The predicted octanol–water partition coefficient (Wildman–Crippen LogP) is 3.49. The van der Waals surface area contributed by atoms with Gasteiger partial charge in [-0.3, -0.25) is 0 Å². The van der Waals surface area contributed by atoms with Gasteiger partial charge in [-0.2, -0.15) is 0 Å². The number of fused-ring (bicyclic) bond motifs is 2. The number of hydrogen-bond acceptors (Lipinski definition) is 1. The van der Waals surface area contributed by atoms with Crippen LogP contribution in [-0.4, -0.2) is 4.98 Å². The highest BCUT2D eigenvalue weighted by molar-refractivity contribution is 9.10. The van der Waals surface area contributed by atoms with Gasteiger partial charge in [-0.1, -0.05) is 6.07 Å². The van der Waals surface area contributed by atoms with Crippen LogP contribution in [0.3, 0.4) is 0 Å². The lowest BCUT2D eigenvalue weighted by atomic mass is 10.0. The molecule has 1 aliphatic rings. The topological polar surface area (TPSA) is 12.9 Å². The van der Waals surface area contributed by atoms with Crippen molar-refractivity contribution < 1.29 is 0 Å². The second kappa shape index (κ2) is 3.06. The fraction of sp³-hybridized carbons (Fsp3) is 0.250. The molecule has 0 amide bonds. The van der Waals surface area contributed by atoms with Crippen molar-refractivity contribution in [1.29, 1.82) is 0 Å². The van der Waals surface area contributed by atoms with Gasteiger partial charge in [0.05, 0.1) is 0 Å². The van der Waals surface area contributed by atoms with Crippen LogP contribution >= 0.6 is 15.9 Å².